The number of carbonyl (C=O) groups is 2. The first-order chi connectivity index (χ1) is 14.8. The third-order valence-corrected chi connectivity index (χ3v) is 6.04. The van der Waals surface area contributed by atoms with Gasteiger partial charge >= 0.3 is 5.97 Å². The van der Waals surface area contributed by atoms with Gasteiger partial charge in [0.05, 0.1) is 37.3 Å². The van der Waals surface area contributed by atoms with Crippen LogP contribution < -0.4 is 10.1 Å². The molecular formula is C20H14Cl4N2O4S. The van der Waals surface area contributed by atoms with Gasteiger partial charge in [-0.3, -0.25) is 4.79 Å². The topological polar surface area (TPSA) is 77.0 Å². The Morgan fingerprint density at radius 3 is 2.55 bits per heavy atom. The second kappa shape index (κ2) is 10.6. The maximum Gasteiger partial charge on any atom is 0.344 e. The fraction of sp³-hybridized carbons (Fsp3) is 0.150. The summed E-state index contributed by atoms with van der Waals surface area (Å²) in [7, 11) is 0. The van der Waals surface area contributed by atoms with Crippen LogP contribution in [-0.4, -0.2) is 30.3 Å². The zero-order valence-electron chi connectivity index (χ0n) is 15.9. The van der Waals surface area contributed by atoms with Crippen molar-refractivity contribution < 1.29 is 19.1 Å². The van der Waals surface area contributed by atoms with Gasteiger partial charge in [0.2, 0.25) is 0 Å². The van der Waals surface area contributed by atoms with Crippen molar-refractivity contribution in [3.63, 3.8) is 0 Å². The average Bonchev–Trinajstić information content (AvgIpc) is 3.04. The standard InChI is InChI=1S/C20H14Cl4N2O4S/c1-2-29-16(27)9-30-18-12(22)6-10(7-13(18)23)8-15-19(28)26-20(31-15)25-14-5-3-4-11(21)17(14)24/h3-8H,2,9H2,1H3,(H,25,26,28)/b15-8+. The number of nitrogens with one attached hydrogen (secondary N) is 1. The van der Waals surface area contributed by atoms with E-state index >= 15 is 0 Å². The van der Waals surface area contributed by atoms with E-state index in [0.29, 0.717) is 31.4 Å². The van der Waals surface area contributed by atoms with Crippen LogP contribution in [0.25, 0.3) is 6.08 Å². The Morgan fingerprint density at radius 1 is 1.16 bits per heavy atom. The van der Waals surface area contributed by atoms with E-state index in [2.05, 4.69) is 10.3 Å². The summed E-state index contributed by atoms with van der Waals surface area (Å²) in [6.45, 7) is 1.61. The summed E-state index contributed by atoms with van der Waals surface area (Å²) >= 11 is 25.7. The van der Waals surface area contributed by atoms with Gasteiger partial charge in [-0.25, -0.2) is 9.79 Å². The Hall–Kier alpha value is -1.90. The van der Waals surface area contributed by atoms with Gasteiger partial charge < -0.3 is 14.8 Å². The van der Waals surface area contributed by atoms with E-state index < -0.39 is 5.97 Å². The third kappa shape index (κ3) is 6.08. The third-order valence-electron chi connectivity index (χ3n) is 3.76. The summed E-state index contributed by atoms with van der Waals surface area (Å²) in [4.78, 5) is 28.5. The molecule has 0 aromatic heterocycles. The maximum atomic E-state index is 12.3. The number of hydrogen-bond acceptors (Lipinski definition) is 6. The van der Waals surface area contributed by atoms with E-state index in [9.17, 15) is 9.59 Å². The highest BCUT2D eigenvalue weighted by Gasteiger charge is 2.24. The highest BCUT2D eigenvalue weighted by molar-refractivity contribution is 8.18. The number of amidine groups is 1. The van der Waals surface area contributed by atoms with Crippen molar-refractivity contribution in [2.24, 2.45) is 4.99 Å². The molecule has 6 nitrogen and oxygen atoms in total. The van der Waals surface area contributed by atoms with Crippen molar-refractivity contribution in [1.29, 1.82) is 0 Å². The Balaban J connectivity index is 1.78. The summed E-state index contributed by atoms with van der Waals surface area (Å²) in [6, 6.07) is 8.17. The molecule has 0 bridgehead atoms. The minimum atomic E-state index is -0.536. The van der Waals surface area contributed by atoms with Gasteiger partial charge in [0.25, 0.3) is 5.91 Å². The lowest BCUT2D eigenvalue weighted by Gasteiger charge is -2.10. The summed E-state index contributed by atoms with van der Waals surface area (Å²) in [6.07, 6.45) is 1.61. The molecule has 11 heteroatoms. The van der Waals surface area contributed by atoms with E-state index in [1.807, 2.05) is 0 Å². The van der Waals surface area contributed by atoms with Crippen molar-refractivity contribution in [1.82, 2.24) is 5.32 Å². The fourth-order valence-corrected chi connectivity index (χ4v) is 4.24. The van der Waals surface area contributed by atoms with Gasteiger partial charge in [0.1, 0.15) is 0 Å². The van der Waals surface area contributed by atoms with Crippen LogP contribution in [0.1, 0.15) is 12.5 Å². The molecule has 1 fully saturated rings. The quantitative estimate of drug-likeness (QED) is 0.366. The Kier molecular flexibility index (Phi) is 8.13. The van der Waals surface area contributed by atoms with E-state index in [0.717, 1.165) is 11.8 Å². The molecule has 0 atom stereocenters. The molecule has 2 aromatic carbocycles. The Labute approximate surface area is 202 Å². The van der Waals surface area contributed by atoms with Gasteiger partial charge in [-0.05, 0) is 54.6 Å². The van der Waals surface area contributed by atoms with Gasteiger partial charge in [0.15, 0.2) is 17.5 Å². The number of ether oxygens (including phenoxy) is 2. The van der Waals surface area contributed by atoms with Crippen molar-refractivity contribution in [2.45, 2.75) is 6.92 Å². The van der Waals surface area contributed by atoms with Crippen LogP contribution in [0.2, 0.25) is 20.1 Å². The summed E-state index contributed by atoms with van der Waals surface area (Å²) < 4.78 is 10.1. The molecule has 0 saturated carbocycles. The number of hydrogen-bond donors (Lipinski definition) is 1. The molecule has 1 saturated heterocycles. The molecular weight excluding hydrogens is 506 g/mol. The van der Waals surface area contributed by atoms with E-state index in [-0.39, 0.29) is 34.9 Å². The number of halogens is 4. The molecule has 1 heterocycles. The molecule has 0 unspecified atom stereocenters. The van der Waals surface area contributed by atoms with Crippen molar-refractivity contribution in [3.8, 4) is 5.75 Å². The number of aliphatic imine (C=N–C) groups is 1. The van der Waals surface area contributed by atoms with Crippen LogP contribution in [0.5, 0.6) is 5.75 Å². The van der Waals surface area contributed by atoms with E-state index in [1.165, 1.54) is 0 Å². The molecule has 1 aliphatic rings. The molecule has 1 amide bonds. The maximum absolute atomic E-state index is 12.3. The minimum absolute atomic E-state index is 0.153. The lowest BCUT2D eigenvalue weighted by molar-refractivity contribution is -0.145. The van der Waals surface area contributed by atoms with E-state index in [4.69, 9.17) is 55.9 Å². The number of nitrogens with zero attached hydrogens (tertiary/aromatic N) is 1. The minimum Gasteiger partial charge on any atom is -0.479 e. The summed E-state index contributed by atoms with van der Waals surface area (Å²) in [5, 5.41) is 4.05. The molecule has 3 rings (SSSR count). The predicted molar refractivity (Wildman–Crippen MR) is 126 cm³/mol. The number of amides is 1. The molecule has 0 aliphatic carbocycles. The van der Waals surface area contributed by atoms with Crippen molar-refractivity contribution in [2.75, 3.05) is 13.2 Å². The highest BCUT2D eigenvalue weighted by Crippen LogP contribution is 2.37. The number of rotatable bonds is 6. The summed E-state index contributed by atoms with van der Waals surface area (Å²) in [5.41, 5.74) is 1.01. The first-order valence-electron chi connectivity index (χ1n) is 8.79. The van der Waals surface area contributed by atoms with E-state index in [1.54, 1.807) is 43.3 Å². The zero-order chi connectivity index (χ0) is 22.5. The normalized spacial score (nSPS) is 16.0. The molecule has 162 valence electrons. The first kappa shape index (κ1) is 23.8. The van der Waals surface area contributed by atoms with Gasteiger partial charge in [-0.2, -0.15) is 0 Å². The van der Waals surface area contributed by atoms with Crippen LogP contribution in [0.15, 0.2) is 40.2 Å². The van der Waals surface area contributed by atoms with Crippen molar-refractivity contribution in [3.05, 3.63) is 60.9 Å². The van der Waals surface area contributed by atoms with Crippen LogP contribution >= 0.6 is 58.2 Å². The second-order valence-corrected chi connectivity index (χ2v) is 8.59. The number of esters is 1. The number of thioether (sulfide) groups is 1. The van der Waals surface area contributed by atoms with Crippen molar-refractivity contribution >= 4 is 87.0 Å². The first-order valence-corrected chi connectivity index (χ1v) is 11.1. The molecule has 1 N–H and O–H groups in total. The van der Waals surface area contributed by atoms with Gasteiger partial charge in [0, 0.05) is 0 Å². The van der Waals surface area contributed by atoms with Gasteiger partial charge in [-0.15, -0.1) is 0 Å². The fourth-order valence-electron chi connectivity index (χ4n) is 2.45. The highest BCUT2D eigenvalue weighted by atomic mass is 35.5. The number of benzene rings is 2. The molecule has 2 aromatic rings. The largest absolute Gasteiger partial charge is 0.479 e. The van der Waals surface area contributed by atoms with Crippen LogP contribution in [0.3, 0.4) is 0 Å². The zero-order valence-corrected chi connectivity index (χ0v) is 19.7. The second-order valence-electron chi connectivity index (χ2n) is 5.96. The number of carbonyl (C=O) groups excluding carboxylic acids is 2. The van der Waals surface area contributed by atoms with Crippen LogP contribution in [-0.2, 0) is 14.3 Å². The smallest absolute Gasteiger partial charge is 0.344 e. The lowest BCUT2D eigenvalue weighted by atomic mass is 10.2. The Bertz CT molecular complexity index is 1080. The molecule has 31 heavy (non-hydrogen) atoms. The lowest BCUT2D eigenvalue weighted by Crippen LogP contribution is -2.19. The molecule has 0 spiro atoms. The summed E-state index contributed by atoms with van der Waals surface area (Å²) in [5.74, 6) is -0.719. The molecule has 1 aliphatic heterocycles. The molecule has 0 radical (unpaired) electrons. The van der Waals surface area contributed by atoms with Gasteiger partial charge in [-0.1, -0.05) is 52.5 Å². The van der Waals surface area contributed by atoms with Crippen LogP contribution in [0, 0.1) is 0 Å². The monoisotopic (exact) mass is 518 g/mol. The Morgan fingerprint density at radius 2 is 1.87 bits per heavy atom. The SMILES string of the molecule is CCOC(=O)COc1c(Cl)cc(/C=C2/SC(=Nc3cccc(Cl)c3Cl)NC2=O)cc1Cl. The van der Waals surface area contributed by atoms with Crippen LogP contribution in [0.4, 0.5) is 5.69 Å². The predicted octanol–water partition coefficient (Wildman–Crippen LogP) is 6.13. The average molecular weight is 520 g/mol.